The molecular formula is C13H14O. The van der Waals surface area contributed by atoms with Crippen molar-refractivity contribution in [2.24, 2.45) is 0 Å². The van der Waals surface area contributed by atoms with Crippen LogP contribution in [0, 0.1) is 0 Å². The van der Waals surface area contributed by atoms with Gasteiger partial charge in [-0.2, -0.15) is 0 Å². The summed E-state index contributed by atoms with van der Waals surface area (Å²) in [5.41, 5.74) is 0. The lowest BCUT2D eigenvalue weighted by molar-refractivity contribution is -0.104. The molecule has 0 aliphatic rings. The van der Waals surface area contributed by atoms with Crippen LogP contribution in [0.25, 0.3) is 0 Å². The van der Waals surface area contributed by atoms with Crippen LogP contribution in [0.2, 0.25) is 0 Å². The van der Waals surface area contributed by atoms with E-state index in [0.29, 0.717) is 0 Å². The molecule has 0 saturated carbocycles. The fourth-order valence-corrected chi connectivity index (χ4v) is 0.637. The molecule has 0 aromatic heterocycles. The van der Waals surface area contributed by atoms with Crippen molar-refractivity contribution in [2.75, 3.05) is 0 Å². The van der Waals surface area contributed by atoms with E-state index < -0.39 is 0 Å². The Kier molecular flexibility index (Phi) is 9.61. The lowest BCUT2D eigenvalue weighted by Gasteiger charge is -1.73. The molecule has 0 fully saturated rings. The summed E-state index contributed by atoms with van der Waals surface area (Å²) in [5.74, 6) is 0. The van der Waals surface area contributed by atoms with Gasteiger partial charge in [0.05, 0.1) is 0 Å². The van der Waals surface area contributed by atoms with Gasteiger partial charge in [0, 0.05) is 0 Å². The van der Waals surface area contributed by atoms with E-state index in [1.807, 2.05) is 42.5 Å². The third kappa shape index (κ3) is 10.1. The summed E-state index contributed by atoms with van der Waals surface area (Å²) >= 11 is 0. The number of carbonyl (C=O) groups excluding carboxylic acids is 1. The number of aldehydes is 1. The van der Waals surface area contributed by atoms with E-state index in [0.717, 1.165) is 6.29 Å². The van der Waals surface area contributed by atoms with E-state index in [-0.39, 0.29) is 0 Å². The summed E-state index contributed by atoms with van der Waals surface area (Å²) in [6, 6.07) is 0. The number of hydrogen-bond donors (Lipinski definition) is 0. The first-order chi connectivity index (χ1) is 6.91. The predicted octanol–water partition coefficient (Wildman–Crippen LogP) is 3.15. The molecule has 14 heavy (non-hydrogen) atoms. The van der Waals surface area contributed by atoms with Gasteiger partial charge in [0.1, 0.15) is 6.29 Å². The molecule has 0 aromatic carbocycles. The minimum absolute atomic E-state index is 0.744. The van der Waals surface area contributed by atoms with Crippen molar-refractivity contribution in [3.8, 4) is 0 Å². The monoisotopic (exact) mass is 186 g/mol. The Morgan fingerprint density at radius 1 is 0.571 bits per heavy atom. The predicted molar refractivity (Wildman–Crippen MR) is 62.0 cm³/mol. The molecule has 0 aliphatic carbocycles. The molecule has 0 radical (unpaired) electrons. The van der Waals surface area contributed by atoms with Gasteiger partial charge in [-0.05, 0) is 6.08 Å². The molecule has 72 valence electrons. The Bertz CT molecular complexity index is 258. The Hall–Kier alpha value is -1.89. The lowest BCUT2D eigenvalue weighted by atomic mass is 10.3. The van der Waals surface area contributed by atoms with Crippen molar-refractivity contribution in [1.82, 2.24) is 0 Å². The lowest BCUT2D eigenvalue weighted by Crippen LogP contribution is -1.55. The quantitative estimate of drug-likeness (QED) is 0.354. The van der Waals surface area contributed by atoms with Crippen LogP contribution in [0.1, 0.15) is 0 Å². The first-order valence-corrected chi connectivity index (χ1v) is 4.31. The molecule has 0 spiro atoms. The first-order valence-electron chi connectivity index (χ1n) is 4.31. The van der Waals surface area contributed by atoms with Crippen molar-refractivity contribution in [3.63, 3.8) is 0 Å². The molecule has 0 atom stereocenters. The molecule has 0 aliphatic heterocycles. The smallest absolute Gasteiger partial charge is 0.142 e. The van der Waals surface area contributed by atoms with Crippen molar-refractivity contribution in [1.29, 1.82) is 0 Å². The van der Waals surface area contributed by atoms with Crippen LogP contribution in [0.3, 0.4) is 0 Å². The van der Waals surface area contributed by atoms with Crippen LogP contribution in [0.5, 0.6) is 0 Å². The maximum absolute atomic E-state index is 9.87. The fourth-order valence-electron chi connectivity index (χ4n) is 0.637. The van der Waals surface area contributed by atoms with E-state index in [9.17, 15) is 4.79 Å². The van der Waals surface area contributed by atoms with Gasteiger partial charge in [-0.3, -0.25) is 4.79 Å². The number of allylic oxidation sites excluding steroid dienone is 11. The first kappa shape index (κ1) is 12.1. The number of hydrogen-bond acceptors (Lipinski definition) is 1. The Morgan fingerprint density at radius 3 is 1.29 bits per heavy atom. The fraction of sp³-hybridized carbons (Fsp3) is 0. The molecule has 0 amide bonds. The van der Waals surface area contributed by atoms with Crippen molar-refractivity contribution < 1.29 is 4.79 Å². The molecule has 1 nitrogen and oxygen atoms in total. The van der Waals surface area contributed by atoms with Crippen LogP contribution >= 0.6 is 0 Å². The van der Waals surface area contributed by atoms with E-state index in [4.69, 9.17) is 0 Å². The summed E-state index contributed by atoms with van der Waals surface area (Å²) in [6.45, 7) is 3.55. The van der Waals surface area contributed by atoms with Gasteiger partial charge in [-0.25, -0.2) is 0 Å². The average molecular weight is 186 g/mol. The zero-order chi connectivity index (χ0) is 10.5. The van der Waals surface area contributed by atoms with Gasteiger partial charge < -0.3 is 0 Å². The highest BCUT2D eigenvalue weighted by molar-refractivity contribution is 5.65. The number of rotatable bonds is 6. The van der Waals surface area contributed by atoms with E-state index >= 15 is 0 Å². The molecule has 0 unspecified atom stereocenters. The molecule has 0 N–H and O–H groups in total. The summed E-state index contributed by atoms with van der Waals surface area (Å²) in [4.78, 5) is 9.87. The minimum Gasteiger partial charge on any atom is -0.299 e. The van der Waals surface area contributed by atoms with E-state index in [1.165, 1.54) is 6.08 Å². The van der Waals surface area contributed by atoms with E-state index in [2.05, 4.69) is 6.58 Å². The Morgan fingerprint density at radius 2 is 0.929 bits per heavy atom. The van der Waals surface area contributed by atoms with Crippen molar-refractivity contribution >= 4 is 6.29 Å². The summed E-state index contributed by atoms with van der Waals surface area (Å²) < 4.78 is 0. The van der Waals surface area contributed by atoms with Crippen LogP contribution in [-0.2, 0) is 4.79 Å². The molecule has 0 heterocycles. The molecule has 0 saturated heterocycles. The largest absolute Gasteiger partial charge is 0.299 e. The van der Waals surface area contributed by atoms with Crippen LogP contribution < -0.4 is 0 Å². The Labute approximate surface area is 85.1 Å². The maximum Gasteiger partial charge on any atom is 0.142 e. The third-order valence-corrected chi connectivity index (χ3v) is 1.21. The topological polar surface area (TPSA) is 17.1 Å². The third-order valence-electron chi connectivity index (χ3n) is 1.21. The standard InChI is InChI=1S/C13H14O/c1-2-3-4-5-6-7-8-9-10-11-12-13-14/h2-13H,1H2/b4-3+,6-5+,8-7+,10-9+,12-11+. The van der Waals surface area contributed by atoms with Gasteiger partial charge in [-0.1, -0.05) is 67.3 Å². The zero-order valence-corrected chi connectivity index (χ0v) is 8.04. The normalized spacial score (nSPS) is 12.9. The van der Waals surface area contributed by atoms with Gasteiger partial charge in [0.15, 0.2) is 0 Å². The highest BCUT2D eigenvalue weighted by Crippen LogP contribution is 1.83. The molecular weight excluding hydrogens is 172 g/mol. The van der Waals surface area contributed by atoms with Gasteiger partial charge >= 0.3 is 0 Å². The second-order valence-corrected chi connectivity index (χ2v) is 2.30. The van der Waals surface area contributed by atoms with Crippen LogP contribution in [-0.4, -0.2) is 6.29 Å². The summed E-state index contributed by atoms with van der Waals surface area (Å²) in [6.07, 6.45) is 20.6. The zero-order valence-electron chi connectivity index (χ0n) is 8.04. The van der Waals surface area contributed by atoms with Crippen LogP contribution in [0.4, 0.5) is 0 Å². The molecule has 0 bridgehead atoms. The van der Waals surface area contributed by atoms with Gasteiger partial charge in [-0.15, -0.1) is 0 Å². The van der Waals surface area contributed by atoms with Crippen molar-refractivity contribution in [2.45, 2.75) is 0 Å². The molecule has 1 heteroatoms. The average Bonchev–Trinajstić information content (AvgIpc) is 2.21. The highest BCUT2D eigenvalue weighted by Gasteiger charge is 1.63. The molecule has 0 rings (SSSR count). The second-order valence-electron chi connectivity index (χ2n) is 2.30. The minimum atomic E-state index is 0.744. The number of carbonyl (C=O) groups is 1. The molecule has 0 aromatic rings. The summed E-state index contributed by atoms with van der Waals surface area (Å²) in [7, 11) is 0. The maximum atomic E-state index is 9.87. The summed E-state index contributed by atoms with van der Waals surface area (Å²) in [5, 5.41) is 0. The van der Waals surface area contributed by atoms with Gasteiger partial charge in [0.25, 0.3) is 0 Å². The highest BCUT2D eigenvalue weighted by atomic mass is 16.1. The van der Waals surface area contributed by atoms with Crippen molar-refractivity contribution in [3.05, 3.63) is 73.4 Å². The SMILES string of the molecule is C=C/C=C/C=C/C=C/C=C/C=C/C=O. The van der Waals surface area contributed by atoms with E-state index in [1.54, 1.807) is 18.2 Å². The second kappa shape index (κ2) is 11.1. The van der Waals surface area contributed by atoms with Gasteiger partial charge in [0.2, 0.25) is 0 Å². The van der Waals surface area contributed by atoms with Crippen LogP contribution in [0.15, 0.2) is 73.4 Å². The Balaban J connectivity index is 3.72.